The number of rotatable bonds is 2. The Morgan fingerprint density at radius 1 is 1.55 bits per heavy atom. The molecular formula is C8H13NO2. The number of aryl methyl sites for hydroxylation is 2. The molecule has 1 aromatic heterocycles. The molecule has 0 aliphatic rings. The van der Waals surface area contributed by atoms with Gasteiger partial charge in [0, 0.05) is 17.0 Å². The van der Waals surface area contributed by atoms with Crippen LogP contribution in [0.5, 0.6) is 0 Å². The van der Waals surface area contributed by atoms with E-state index in [1.807, 2.05) is 19.9 Å². The zero-order valence-electron chi connectivity index (χ0n) is 6.76. The van der Waals surface area contributed by atoms with Gasteiger partial charge in [0.2, 0.25) is 0 Å². The van der Waals surface area contributed by atoms with Gasteiger partial charge in [-0.05, 0) is 19.9 Å². The predicted molar refractivity (Wildman–Crippen MR) is 42.3 cm³/mol. The molecule has 11 heavy (non-hydrogen) atoms. The molecule has 3 nitrogen and oxygen atoms in total. The number of H-pyrrole nitrogens is 1. The first-order valence-electron chi connectivity index (χ1n) is 3.60. The van der Waals surface area contributed by atoms with Gasteiger partial charge in [-0.15, -0.1) is 0 Å². The van der Waals surface area contributed by atoms with E-state index in [0.717, 1.165) is 17.0 Å². The highest BCUT2D eigenvalue weighted by Crippen LogP contribution is 2.17. The van der Waals surface area contributed by atoms with Crippen LogP contribution in [0.2, 0.25) is 0 Å². The van der Waals surface area contributed by atoms with E-state index >= 15 is 0 Å². The van der Waals surface area contributed by atoms with Gasteiger partial charge in [-0.2, -0.15) is 0 Å². The van der Waals surface area contributed by atoms with Crippen LogP contribution >= 0.6 is 0 Å². The van der Waals surface area contributed by atoms with Gasteiger partial charge in [0.15, 0.2) is 0 Å². The fraction of sp³-hybridized carbons (Fsp3) is 0.500. The van der Waals surface area contributed by atoms with Gasteiger partial charge in [-0.1, -0.05) is 0 Å². The largest absolute Gasteiger partial charge is 0.393 e. The van der Waals surface area contributed by atoms with Crippen molar-refractivity contribution in [2.75, 3.05) is 6.61 Å². The van der Waals surface area contributed by atoms with Crippen molar-refractivity contribution in [3.63, 3.8) is 0 Å². The average molecular weight is 155 g/mol. The topological polar surface area (TPSA) is 56.2 Å². The lowest BCUT2D eigenvalue weighted by atomic mass is 10.1. The van der Waals surface area contributed by atoms with E-state index < -0.39 is 6.10 Å². The highest BCUT2D eigenvalue weighted by atomic mass is 16.3. The highest BCUT2D eigenvalue weighted by Gasteiger charge is 2.10. The van der Waals surface area contributed by atoms with E-state index in [1.165, 1.54) is 0 Å². The zero-order valence-corrected chi connectivity index (χ0v) is 6.76. The summed E-state index contributed by atoms with van der Waals surface area (Å²) in [6, 6.07) is 1.84. The number of hydrogen-bond donors (Lipinski definition) is 3. The molecule has 62 valence electrons. The van der Waals surface area contributed by atoms with Crippen molar-refractivity contribution < 1.29 is 10.2 Å². The number of nitrogens with one attached hydrogen (secondary N) is 1. The molecule has 1 unspecified atom stereocenters. The molecule has 0 aromatic carbocycles. The Kier molecular flexibility index (Phi) is 2.31. The Bertz CT molecular complexity index is 242. The molecule has 0 bridgehead atoms. The van der Waals surface area contributed by atoms with Crippen LogP contribution in [0.15, 0.2) is 6.07 Å². The summed E-state index contributed by atoms with van der Waals surface area (Å²) in [6.07, 6.45) is -0.750. The molecule has 0 saturated carbocycles. The second kappa shape index (κ2) is 3.07. The molecule has 0 aliphatic heterocycles. The summed E-state index contributed by atoms with van der Waals surface area (Å²) in [7, 11) is 0. The first-order chi connectivity index (χ1) is 5.15. The third kappa shape index (κ3) is 1.61. The Morgan fingerprint density at radius 3 is 2.55 bits per heavy atom. The summed E-state index contributed by atoms with van der Waals surface area (Å²) in [5.74, 6) is 0. The summed E-state index contributed by atoms with van der Waals surface area (Å²) in [5, 5.41) is 17.9. The van der Waals surface area contributed by atoms with Crippen molar-refractivity contribution in [1.82, 2.24) is 4.98 Å². The van der Waals surface area contributed by atoms with Crippen LogP contribution in [0, 0.1) is 13.8 Å². The molecule has 1 atom stereocenters. The van der Waals surface area contributed by atoms with Crippen LogP contribution in [0.1, 0.15) is 23.1 Å². The lowest BCUT2D eigenvalue weighted by Gasteiger charge is -2.04. The second-order valence-corrected chi connectivity index (χ2v) is 2.73. The zero-order chi connectivity index (χ0) is 8.43. The van der Waals surface area contributed by atoms with Gasteiger partial charge >= 0.3 is 0 Å². The Hall–Kier alpha value is -0.800. The third-order valence-corrected chi connectivity index (χ3v) is 1.72. The van der Waals surface area contributed by atoms with Gasteiger partial charge < -0.3 is 15.2 Å². The average Bonchev–Trinajstić information content (AvgIpc) is 2.28. The van der Waals surface area contributed by atoms with E-state index in [9.17, 15) is 5.11 Å². The van der Waals surface area contributed by atoms with E-state index in [0.29, 0.717) is 0 Å². The summed E-state index contributed by atoms with van der Waals surface area (Å²) in [6.45, 7) is 3.57. The van der Waals surface area contributed by atoms with Crippen LogP contribution in [0.4, 0.5) is 0 Å². The molecule has 0 aliphatic carbocycles. The van der Waals surface area contributed by atoms with Gasteiger partial charge in [-0.3, -0.25) is 0 Å². The molecule has 0 fully saturated rings. The van der Waals surface area contributed by atoms with Gasteiger partial charge in [0.1, 0.15) is 6.10 Å². The Labute approximate surface area is 65.7 Å². The van der Waals surface area contributed by atoms with Crippen molar-refractivity contribution in [2.24, 2.45) is 0 Å². The van der Waals surface area contributed by atoms with Crippen LogP contribution < -0.4 is 0 Å². The molecule has 0 spiro atoms. The smallest absolute Gasteiger partial charge is 0.104 e. The summed E-state index contributed by atoms with van der Waals surface area (Å²) in [4.78, 5) is 3.05. The highest BCUT2D eigenvalue weighted by molar-refractivity contribution is 5.26. The van der Waals surface area contributed by atoms with Crippen LogP contribution in [0.3, 0.4) is 0 Å². The van der Waals surface area contributed by atoms with Gasteiger partial charge in [0.25, 0.3) is 0 Å². The van der Waals surface area contributed by atoms with Gasteiger partial charge in [-0.25, -0.2) is 0 Å². The molecule has 0 amide bonds. The van der Waals surface area contributed by atoms with Gasteiger partial charge in [0.05, 0.1) is 6.61 Å². The SMILES string of the molecule is Cc1cc(C(O)CO)c(C)[nH]1. The minimum absolute atomic E-state index is 0.224. The first kappa shape index (κ1) is 8.30. The quantitative estimate of drug-likeness (QED) is 0.587. The van der Waals surface area contributed by atoms with E-state index in [4.69, 9.17) is 5.11 Å². The normalized spacial score (nSPS) is 13.5. The number of aliphatic hydroxyl groups is 2. The molecule has 3 N–H and O–H groups in total. The predicted octanol–water partition coefficient (Wildman–Crippen LogP) is 0.657. The number of aliphatic hydroxyl groups excluding tert-OH is 2. The minimum atomic E-state index is -0.750. The fourth-order valence-electron chi connectivity index (χ4n) is 1.19. The molecule has 0 radical (unpaired) electrons. The number of aromatic nitrogens is 1. The van der Waals surface area contributed by atoms with Crippen molar-refractivity contribution in [3.05, 3.63) is 23.0 Å². The number of hydrogen-bond acceptors (Lipinski definition) is 2. The molecular weight excluding hydrogens is 142 g/mol. The molecule has 1 rings (SSSR count). The maximum atomic E-state index is 9.25. The van der Waals surface area contributed by atoms with E-state index in [2.05, 4.69) is 4.98 Å². The Morgan fingerprint density at radius 2 is 2.18 bits per heavy atom. The number of aromatic amines is 1. The maximum Gasteiger partial charge on any atom is 0.104 e. The molecule has 1 aromatic rings. The van der Waals surface area contributed by atoms with E-state index in [-0.39, 0.29) is 6.61 Å². The summed E-state index contributed by atoms with van der Waals surface area (Å²) < 4.78 is 0. The van der Waals surface area contributed by atoms with E-state index in [1.54, 1.807) is 0 Å². The van der Waals surface area contributed by atoms with Crippen LogP contribution in [-0.4, -0.2) is 21.8 Å². The standard InChI is InChI=1S/C8H13NO2/c1-5-3-7(6(2)9-5)8(11)4-10/h3,8-11H,4H2,1-2H3. The Balaban J connectivity index is 2.93. The molecule has 0 saturated heterocycles. The van der Waals surface area contributed by atoms with Crippen LogP contribution in [-0.2, 0) is 0 Å². The lowest BCUT2D eigenvalue weighted by Crippen LogP contribution is -2.02. The van der Waals surface area contributed by atoms with Crippen molar-refractivity contribution in [1.29, 1.82) is 0 Å². The monoisotopic (exact) mass is 155 g/mol. The summed E-state index contributed by atoms with van der Waals surface area (Å²) in [5.41, 5.74) is 2.71. The lowest BCUT2D eigenvalue weighted by molar-refractivity contribution is 0.0952. The maximum absolute atomic E-state index is 9.25. The van der Waals surface area contributed by atoms with Crippen molar-refractivity contribution in [3.8, 4) is 0 Å². The van der Waals surface area contributed by atoms with Crippen molar-refractivity contribution in [2.45, 2.75) is 20.0 Å². The third-order valence-electron chi connectivity index (χ3n) is 1.72. The van der Waals surface area contributed by atoms with Crippen molar-refractivity contribution >= 4 is 0 Å². The molecule has 1 heterocycles. The van der Waals surface area contributed by atoms with Crippen LogP contribution in [0.25, 0.3) is 0 Å². The fourth-order valence-corrected chi connectivity index (χ4v) is 1.19. The second-order valence-electron chi connectivity index (χ2n) is 2.73. The molecule has 3 heteroatoms. The summed E-state index contributed by atoms with van der Waals surface area (Å²) >= 11 is 0. The first-order valence-corrected chi connectivity index (χ1v) is 3.60. The minimum Gasteiger partial charge on any atom is -0.393 e.